The summed E-state index contributed by atoms with van der Waals surface area (Å²) in [5.74, 6) is -0.535. The Hall–Kier alpha value is -3.56. The van der Waals surface area contributed by atoms with E-state index in [1.807, 2.05) is 51.1 Å². The molecule has 2 amide bonds. The summed E-state index contributed by atoms with van der Waals surface area (Å²) in [7, 11) is -2.47. The van der Waals surface area contributed by atoms with Crippen LogP contribution in [0, 0.1) is 6.92 Å². The molecular weight excluding hydrogens is 562 g/mol. The van der Waals surface area contributed by atoms with E-state index in [-0.39, 0.29) is 30.6 Å². The van der Waals surface area contributed by atoms with E-state index in [9.17, 15) is 18.0 Å². The lowest BCUT2D eigenvalue weighted by Gasteiger charge is -2.34. The first-order valence-electron chi connectivity index (χ1n) is 13.4. The zero-order valence-corrected chi connectivity index (χ0v) is 25.7. The lowest BCUT2D eigenvalue weighted by Crippen LogP contribution is -2.54. The van der Waals surface area contributed by atoms with E-state index in [1.165, 1.54) is 12.0 Å². The number of sulfonamides is 1. The third-order valence-electron chi connectivity index (χ3n) is 6.82. The van der Waals surface area contributed by atoms with Crippen LogP contribution in [-0.2, 0) is 32.6 Å². The van der Waals surface area contributed by atoms with Crippen molar-refractivity contribution in [2.75, 3.05) is 24.2 Å². The molecule has 0 aliphatic heterocycles. The van der Waals surface area contributed by atoms with Crippen molar-refractivity contribution in [3.05, 3.63) is 94.5 Å². The first-order valence-corrected chi connectivity index (χ1v) is 15.7. The highest BCUT2D eigenvalue weighted by atomic mass is 35.5. The van der Waals surface area contributed by atoms with Gasteiger partial charge in [-0.3, -0.25) is 13.9 Å². The molecule has 0 saturated heterocycles. The number of hydrogen-bond acceptors (Lipinski definition) is 5. The van der Waals surface area contributed by atoms with Gasteiger partial charge in [0.15, 0.2) is 0 Å². The Labute approximate surface area is 248 Å². The molecule has 0 heterocycles. The van der Waals surface area contributed by atoms with Crippen molar-refractivity contribution >= 4 is 39.1 Å². The standard InChI is InChI=1S/C31H38ClN3O5S/c1-6-23(3)33-31(37)28(19-24-10-8-7-9-11-24)34(20-25-13-15-26(32)16-14-25)30(36)21-35(41(5,38)39)27-18-22(2)12-17-29(27)40-4/h7-18,23,28H,6,19-21H2,1-5H3,(H,33,37)/t23-,28+/m0/s1. The van der Waals surface area contributed by atoms with Gasteiger partial charge in [0.05, 0.1) is 19.1 Å². The van der Waals surface area contributed by atoms with Crippen LogP contribution in [0.4, 0.5) is 5.69 Å². The maximum absolute atomic E-state index is 14.2. The van der Waals surface area contributed by atoms with E-state index in [2.05, 4.69) is 5.32 Å². The fourth-order valence-corrected chi connectivity index (χ4v) is 5.34. The predicted octanol–water partition coefficient (Wildman–Crippen LogP) is 4.98. The number of aryl methyl sites for hydroxylation is 1. The summed E-state index contributed by atoms with van der Waals surface area (Å²) in [5.41, 5.74) is 2.66. The van der Waals surface area contributed by atoms with Crippen LogP contribution in [-0.4, -0.2) is 57.1 Å². The number of nitrogens with zero attached hydrogens (tertiary/aromatic N) is 2. The molecule has 10 heteroatoms. The average molecular weight is 600 g/mol. The number of carbonyl (C=O) groups excluding carboxylic acids is 2. The quantitative estimate of drug-likeness (QED) is 0.299. The number of amides is 2. The first-order chi connectivity index (χ1) is 19.4. The number of ether oxygens (including phenoxy) is 1. The van der Waals surface area contributed by atoms with Crippen molar-refractivity contribution in [3.8, 4) is 5.75 Å². The van der Waals surface area contributed by atoms with Crippen LogP contribution in [0.2, 0.25) is 5.02 Å². The van der Waals surface area contributed by atoms with Crippen LogP contribution in [0.3, 0.4) is 0 Å². The molecule has 3 rings (SSSR count). The summed E-state index contributed by atoms with van der Waals surface area (Å²) in [6.45, 7) is 5.25. The maximum atomic E-state index is 14.2. The van der Waals surface area contributed by atoms with E-state index >= 15 is 0 Å². The summed E-state index contributed by atoms with van der Waals surface area (Å²) in [5, 5.41) is 3.55. The van der Waals surface area contributed by atoms with Gasteiger partial charge in [0.1, 0.15) is 18.3 Å². The monoisotopic (exact) mass is 599 g/mol. The van der Waals surface area contributed by atoms with E-state index in [0.29, 0.717) is 17.2 Å². The first kappa shape index (κ1) is 32.0. The minimum atomic E-state index is -3.91. The summed E-state index contributed by atoms with van der Waals surface area (Å²) >= 11 is 6.10. The summed E-state index contributed by atoms with van der Waals surface area (Å²) in [6.07, 6.45) is 2.00. The Morgan fingerprint density at radius 3 is 2.24 bits per heavy atom. The van der Waals surface area contributed by atoms with Gasteiger partial charge in [-0.25, -0.2) is 8.42 Å². The van der Waals surface area contributed by atoms with E-state index in [0.717, 1.165) is 27.3 Å². The number of benzene rings is 3. The highest BCUT2D eigenvalue weighted by molar-refractivity contribution is 7.92. The number of rotatable bonds is 13. The second-order valence-electron chi connectivity index (χ2n) is 10.1. The molecule has 0 saturated carbocycles. The van der Waals surface area contributed by atoms with Gasteiger partial charge in [-0.2, -0.15) is 0 Å². The fraction of sp³-hybridized carbons (Fsp3) is 0.355. The topological polar surface area (TPSA) is 96.0 Å². The molecule has 0 aromatic heterocycles. The highest BCUT2D eigenvalue weighted by Gasteiger charge is 2.34. The van der Waals surface area contributed by atoms with Crippen LogP contribution in [0.15, 0.2) is 72.8 Å². The number of nitrogens with one attached hydrogen (secondary N) is 1. The van der Waals surface area contributed by atoms with Gasteiger partial charge in [-0.1, -0.05) is 67.1 Å². The molecular formula is C31H38ClN3O5S. The highest BCUT2D eigenvalue weighted by Crippen LogP contribution is 2.31. The second kappa shape index (κ2) is 14.4. The number of hydrogen-bond donors (Lipinski definition) is 1. The van der Waals surface area contributed by atoms with Crippen LogP contribution in [0.1, 0.15) is 37.0 Å². The lowest BCUT2D eigenvalue weighted by molar-refractivity contribution is -0.140. The number of anilines is 1. The van der Waals surface area contributed by atoms with E-state index < -0.39 is 28.5 Å². The number of halogens is 1. The smallest absolute Gasteiger partial charge is 0.244 e. The minimum Gasteiger partial charge on any atom is -0.495 e. The van der Waals surface area contributed by atoms with Crippen LogP contribution in [0.5, 0.6) is 5.75 Å². The Bertz CT molecular complexity index is 1430. The molecule has 0 bridgehead atoms. The molecule has 2 atom stereocenters. The van der Waals surface area contributed by atoms with Crippen LogP contribution < -0.4 is 14.4 Å². The molecule has 0 aliphatic carbocycles. The van der Waals surface area contributed by atoms with Gasteiger partial charge in [0.2, 0.25) is 21.8 Å². The molecule has 0 aliphatic rings. The van der Waals surface area contributed by atoms with Crippen LogP contribution in [0.25, 0.3) is 0 Å². The molecule has 0 spiro atoms. The molecule has 0 radical (unpaired) electrons. The third kappa shape index (κ3) is 8.96. The second-order valence-corrected chi connectivity index (χ2v) is 12.5. The molecule has 3 aromatic rings. The van der Waals surface area contributed by atoms with Gasteiger partial charge in [-0.05, 0) is 61.2 Å². The largest absolute Gasteiger partial charge is 0.495 e. The fourth-order valence-electron chi connectivity index (χ4n) is 4.37. The predicted molar refractivity (Wildman–Crippen MR) is 164 cm³/mol. The third-order valence-corrected chi connectivity index (χ3v) is 8.20. The lowest BCUT2D eigenvalue weighted by atomic mass is 10.0. The molecule has 220 valence electrons. The SMILES string of the molecule is CC[C@H](C)NC(=O)[C@@H](Cc1ccccc1)N(Cc1ccc(Cl)cc1)C(=O)CN(c1cc(C)ccc1OC)S(C)(=O)=O. The summed E-state index contributed by atoms with van der Waals surface area (Å²) in [6, 6.07) is 20.5. The maximum Gasteiger partial charge on any atom is 0.244 e. The van der Waals surface area contributed by atoms with Crippen molar-refractivity contribution in [2.45, 2.75) is 52.2 Å². The molecule has 41 heavy (non-hydrogen) atoms. The van der Waals surface area contributed by atoms with E-state index in [4.69, 9.17) is 16.3 Å². The zero-order valence-electron chi connectivity index (χ0n) is 24.1. The van der Waals surface area contributed by atoms with Crippen LogP contribution >= 0.6 is 11.6 Å². The Balaban J connectivity index is 2.10. The Kier molecular flexibility index (Phi) is 11.2. The van der Waals surface area contributed by atoms with Crippen molar-refractivity contribution in [3.63, 3.8) is 0 Å². The molecule has 3 aromatic carbocycles. The van der Waals surface area contributed by atoms with Gasteiger partial charge in [-0.15, -0.1) is 0 Å². The minimum absolute atomic E-state index is 0.0734. The Morgan fingerprint density at radius 2 is 1.66 bits per heavy atom. The molecule has 1 N–H and O–H groups in total. The van der Waals surface area contributed by atoms with Gasteiger partial charge in [0, 0.05) is 24.0 Å². The van der Waals surface area contributed by atoms with Crippen molar-refractivity contribution < 1.29 is 22.7 Å². The zero-order chi connectivity index (χ0) is 30.2. The number of carbonyl (C=O) groups is 2. The van der Waals surface area contributed by atoms with E-state index in [1.54, 1.807) is 42.5 Å². The summed E-state index contributed by atoms with van der Waals surface area (Å²) in [4.78, 5) is 29.4. The van der Waals surface area contributed by atoms with Gasteiger partial charge < -0.3 is 15.0 Å². The average Bonchev–Trinajstić information content (AvgIpc) is 2.94. The van der Waals surface area contributed by atoms with Crippen molar-refractivity contribution in [1.29, 1.82) is 0 Å². The normalized spacial score (nSPS) is 12.7. The van der Waals surface area contributed by atoms with Gasteiger partial charge in [0.25, 0.3) is 0 Å². The van der Waals surface area contributed by atoms with Crippen molar-refractivity contribution in [2.24, 2.45) is 0 Å². The molecule has 0 unspecified atom stereocenters. The Morgan fingerprint density at radius 1 is 1.00 bits per heavy atom. The molecule has 8 nitrogen and oxygen atoms in total. The summed E-state index contributed by atoms with van der Waals surface area (Å²) < 4.78 is 32.6. The number of methoxy groups -OCH3 is 1. The molecule has 0 fully saturated rings. The van der Waals surface area contributed by atoms with Gasteiger partial charge >= 0.3 is 0 Å². The van der Waals surface area contributed by atoms with Crippen molar-refractivity contribution in [1.82, 2.24) is 10.2 Å².